The Balaban J connectivity index is 1.62. The van der Waals surface area contributed by atoms with Crippen LogP contribution in [0.4, 0.5) is 5.69 Å². The summed E-state index contributed by atoms with van der Waals surface area (Å²) in [5.41, 5.74) is 2.94. The van der Waals surface area contributed by atoms with Crippen molar-refractivity contribution in [3.63, 3.8) is 0 Å². The van der Waals surface area contributed by atoms with Crippen LogP contribution in [0.3, 0.4) is 0 Å². The second kappa shape index (κ2) is 11.0. The molecule has 8 heteroatoms. The molecule has 0 aromatic heterocycles. The molecule has 2 aliphatic rings. The van der Waals surface area contributed by atoms with Crippen molar-refractivity contribution in [2.75, 3.05) is 25.7 Å². The van der Waals surface area contributed by atoms with Crippen molar-refractivity contribution in [2.45, 2.75) is 63.5 Å². The first-order chi connectivity index (χ1) is 19.4. The van der Waals surface area contributed by atoms with Crippen LogP contribution in [0.15, 0.2) is 72.8 Å². The maximum atomic E-state index is 14.7. The fraction of sp³-hybridized carbons (Fsp3) is 0.394. The number of hydrogen-bond acceptors (Lipinski definition) is 5. The van der Waals surface area contributed by atoms with Crippen LogP contribution in [0.1, 0.15) is 54.7 Å². The Labute approximate surface area is 244 Å². The highest BCUT2D eigenvalue weighted by Crippen LogP contribution is 2.43. The standard InChI is InChI=1S/C33H40N2O5Si/c1-33(2,3)41(6,7)40-26-20-29-32(37)35(28-11-9-8-10-27(28)31(36)34(29)21-26)30(22-12-16-24(38-4)17-13-22)23-14-18-25(39-5)19-15-23/h8-19,26,29-30H,20-21H2,1-7H3/t26-,29+/m1/s1. The molecular weight excluding hydrogens is 532 g/mol. The van der Waals surface area contributed by atoms with Crippen molar-refractivity contribution >= 4 is 25.8 Å². The monoisotopic (exact) mass is 572 g/mol. The second-order valence-corrected chi connectivity index (χ2v) is 17.1. The summed E-state index contributed by atoms with van der Waals surface area (Å²) in [7, 11) is 1.15. The third-order valence-electron chi connectivity index (χ3n) is 8.83. The Hall–Kier alpha value is -3.62. The van der Waals surface area contributed by atoms with Gasteiger partial charge in [0, 0.05) is 13.0 Å². The van der Waals surface area contributed by atoms with Crippen molar-refractivity contribution in [3.8, 4) is 11.5 Å². The van der Waals surface area contributed by atoms with E-state index in [2.05, 4.69) is 33.9 Å². The maximum absolute atomic E-state index is 14.7. The molecule has 0 unspecified atom stereocenters. The summed E-state index contributed by atoms with van der Waals surface area (Å²) in [6.07, 6.45) is 0.279. The molecule has 0 bridgehead atoms. The van der Waals surface area contributed by atoms with Crippen LogP contribution < -0.4 is 14.4 Å². The summed E-state index contributed by atoms with van der Waals surface area (Å²) in [4.78, 5) is 32.3. The van der Waals surface area contributed by atoms with Gasteiger partial charge in [-0.3, -0.25) is 14.5 Å². The number of amides is 2. The molecule has 0 spiro atoms. The lowest BCUT2D eigenvalue weighted by molar-refractivity contribution is -0.122. The Morgan fingerprint density at radius 3 is 1.88 bits per heavy atom. The van der Waals surface area contributed by atoms with E-state index in [9.17, 15) is 9.59 Å². The fourth-order valence-corrected chi connectivity index (χ4v) is 6.92. The smallest absolute Gasteiger partial charge is 0.256 e. The third-order valence-corrected chi connectivity index (χ3v) is 13.4. The van der Waals surface area contributed by atoms with Gasteiger partial charge in [0.15, 0.2) is 8.32 Å². The first-order valence-corrected chi connectivity index (χ1v) is 17.0. The first kappa shape index (κ1) is 28.9. The van der Waals surface area contributed by atoms with Crippen LogP contribution in [-0.4, -0.2) is 57.9 Å². The third kappa shape index (κ3) is 5.38. The summed E-state index contributed by atoms with van der Waals surface area (Å²) < 4.78 is 17.6. The van der Waals surface area contributed by atoms with Crippen molar-refractivity contribution in [1.82, 2.24) is 4.90 Å². The SMILES string of the molecule is COc1ccc(C(c2ccc(OC)cc2)N2C(=O)[C@@H]3C[C@@H](O[Si](C)(C)C(C)(C)C)CN3C(=O)c3ccccc32)cc1. The maximum Gasteiger partial charge on any atom is 0.256 e. The molecule has 0 radical (unpaired) electrons. The van der Waals surface area contributed by atoms with Gasteiger partial charge in [-0.2, -0.15) is 0 Å². The normalized spacial score (nSPS) is 19.2. The predicted octanol–water partition coefficient (Wildman–Crippen LogP) is 6.44. The van der Waals surface area contributed by atoms with Gasteiger partial charge in [-0.05, 0) is 65.7 Å². The Kier molecular flexibility index (Phi) is 7.74. The molecular formula is C33H40N2O5Si. The summed E-state index contributed by atoms with van der Waals surface area (Å²) in [6.45, 7) is 11.4. The molecule has 5 rings (SSSR count). The lowest BCUT2D eigenvalue weighted by Gasteiger charge is -2.38. The molecule has 1 fully saturated rings. The van der Waals surface area contributed by atoms with Gasteiger partial charge in [0.1, 0.15) is 17.5 Å². The van der Waals surface area contributed by atoms with Crippen LogP contribution in [0.5, 0.6) is 11.5 Å². The van der Waals surface area contributed by atoms with E-state index in [0.29, 0.717) is 24.2 Å². The lowest BCUT2D eigenvalue weighted by atomic mass is 9.94. The van der Waals surface area contributed by atoms with Crippen molar-refractivity contribution in [2.24, 2.45) is 0 Å². The number of ether oxygens (including phenoxy) is 2. The predicted molar refractivity (Wildman–Crippen MR) is 163 cm³/mol. The molecule has 216 valence electrons. The molecule has 3 aromatic carbocycles. The number of nitrogens with zero attached hydrogens (tertiary/aromatic N) is 2. The van der Waals surface area contributed by atoms with Crippen molar-refractivity contribution in [1.29, 1.82) is 0 Å². The Bertz CT molecular complexity index is 1370. The Morgan fingerprint density at radius 1 is 0.829 bits per heavy atom. The average molecular weight is 573 g/mol. The minimum Gasteiger partial charge on any atom is -0.497 e. The van der Waals surface area contributed by atoms with Crippen LogP contribution in [0.2, 0.25) is 18.1 Å². The van der Waals surface area contributed by atoms with Crippen LogP contribution in [0.25, 0.3) is 0 Å². The van der Waals surface area contributed by atoms with Gasteiger partial charge in [0.2, 0.25) is 0 Å². The van der Waals surface area contributed by atoms with Gasteiger partial charge < -0.3 is 18.8 Å². The molecule has 2 amide bonds. The molecule has 3 aromatic rings. The highest BCUT2D eigenvalue weighted by Gasteiger charge is 2.50. The van der Waals surface area contributed by atoms with Gasteiger partial charge in [-0.1, -0.05) is 57.2 Å². The van der Waals surface area contributed by atoms with Gasteiger partial charge in [0.25, 0.3) is 11.8 Å². The van der Waals surface area contributed by atoms with Crippen LogP contribution in [-0.2, 0) is 9.22 Å². The zero-order chi connectivity index (χ0) is 29.5. The number of fused-ring (bicyclic) bond motifs is 2. The van der Waals surface area contributed by atoms with Crippen LogP contribution in [0, 0.1) is 0 Å². The van der Waals surface area contributed by atoms with Gasteiger partial charge in [-0.15, -0.1) is 0 Å². The number of rotatable bonds is 7. The van der Waals surface area contributed by atoms with E-state index in [-0.39, 0.29) is 23.0 Å². The Morgan fingerprint density at radius 2 is 1.37 bits per heavy atom. The summed E-state index contributed by atoms with van der Waals surface area (Å²) >= 11 is 0. The molecule has 2 heterocycles. The minimum atomic E-state index is -2.11. The lowest BCUT2D eigenvalue weighted by Crippen LogP contribution is -2.46. The average Bonchev–Trinajstić information content (AvgIpc) is 3.35. The van der Waals surface area contributed by atoms with Gasteiger partial charge in [0.05, 0.1) is 37.6 Å². The molecule has 2 aliphatic heterocycles. The van der Waals surface area contributed by atoms with E-state index < -0.39 is 20.4 Å². The van der Waals surface area contributed by atoms with E-state index in [4.69, 9.17) is 13.9 Å². The molecule has 0 aliphatic carbocycles. The van der Waals surface area contributed by atoms with Gasteiger partial charge in [-0.25, -0.2) is 0 Å². The molecule has 0 N–H and O–H groups in total. The van der Waals surface area contributed by atoms with Crippen LogP contribution >= 0.6 is 0 Å². The summed E-state index contributed by atoms with van der Waals surface area (Å²) in [5.74, 6) is 1.22. The quantitative estimate of drug-likeness (QED) is 0.305. The first-order valence-electron chi connectivity index (χ1n) is 14.1. The molecule has 1 saturated heterocycles. The largest absolute Gasteiger partial charge is 0.497 e. The molecule has 41 heavy (non-hydrogen) atoms. The number of carbonyl (C=O) groups excluding carboxylic acids is 2. The summed E-state index contributed by atoms with van der Waals surface area (Å²) in [5, 5.41) is 0.0213. The van der Waals surface area contributed by atoms with Crippen molar-refractivity contribution in [3.05, 3.63) is 89.5 Å². The number of hydrogen-bond donors (Lipinski definition) is 0. The number of carbonyl (C=O) groups is 2. The van der Waals surface area contributed by atoms with E-state index in [0.717, 1.165) is 22.6 Å². The van der Waals surface area contributed by atoms with Gasteiger partial charge >= 0.3 is 0 Å². The second-order valence-electron chi connectivity index (χ2n) is 12.4. The van der Waals surface area contributed by atoms with E-state index in [1.54, 1.807) is 19.1 Å². The number of benzene rings is 3. The van der Waals surface area contributed by atoms with Crippen molar-refractivity contribution < 1.29 is 23.5 Å². The molecule has 7 nitrogen and oxygen atoms in total. The minimum absolute atomic E-state index is 0.0213. The summed E-state index contributed by atoms with van der Waals surface area (Å²) in [6, 6.07) is 21.8. The number of methoxy groups -OCH3 is 2. The number of anilines is 1. The highest BCUT2D eigenvalue weighted by atomic mass is 28.4. The van der Waals surface area contributed by atoms with E-state index in [1.807, 2.05) is 77.7 Å². The molecule has 2 atom stereocenters. The number of para-hydroxylation sites is 1. The molecule has 0 saturated carbocycles. The van der Waals surface area contributed by atoms with E-state index >= 15 is 0 Å². The fourth-order valence-electron chi connectivity index (χ4n) is 5.56. The highest BCUT2D eigenvalue weighted by molar-refractivity contribution is 6.74. The van der Waals surface area contributed by atoms with E-state index in [1.165, 1.54) is 0 Å². The zero-order valence-electron chi connectivity index (χ0n) is 25.0. The zero-order valence-corrected chi connectivity index (χ0v) is 26.0. The topological polar surface area (TPSA) is 68.3 Å².